The normalized spacial score (nSPS) is 19.6. The van der Waals surface area contributed by atoms with Crippen molar-refractivity contribution in [2.45, 2.75) is 23.8 Å². The molecule has 0 saturated heterocycles. The van der Waals surface area contributed by atoms with Gasteiger partial charge in [0.15, 0.2) is 5.67 Å². The Morgan fingerprint density at radius 1 is 0.692 bits per heavy atom. The van der Waals surface area contributed by atoms with E-state index in [2.05, 4.69) is 11.8 Å². The maximum atomic E-state index is 18.0. The van der Waals surface area contributed by atoms with Crippen molar-refractivity contribution in [3.63, 3.8) is 0 Å². The summed E-state index contributed by atoms with van der Waals surface area (Å²) in [6, 6.07) is 22.0. The van der Waals surface area contributed by atoms with Gasteiger partial charge in [-0.3, -0.25) is 0 Å². The molecule has 8 rings (SSSR count). The molecule has 52 heavy (non-hydrogen) atoms. The Morgan fingerprint density at radius 2 is 1.19 bits per heavy atom. The third kappa shape index (κ3) is 4.73. The first-order valence-corrected chi connectivity index (χ1v) is 16.2. The van der Waals surface area contributed by atoms with Crippen LogP contribution in [0.15, 0.2) is 100 Å². The summed E-state index contributed by atoms with van der Waals surface area (Å²) in [7, 11) is 57.2. The third-order valence-electron chi connectivity index (χ3n) is 10.2. The number of nitrogens with zero attached hydrogens (tertiary/aromatic N) is 2. The van der Waals surface area contributed by atoms with E-state index in [1.54, 1.807) is 18.2 Å². The maximum Gasteiger partial charge on any atom is 0.187 e. The molecule has 222 valence electrons. The van der Waals surface area contributed by atoms with E-state index >= 15 is 4.39 Å². The minimum Gasteiger partial charge on any atom is -0.235 e. The molecule has 0 saturated carbocycles. The molecule has 3 aliphatic rings. The fourth-order valence-electron chi connectivity index (χ4n) is 7.71. The lowest BCUT2D eigenvalue weighted by Gasteiger charge is -2.52. The lowest BCUT2D eigenvalue weighted by molar-refractivity contribution is 0.249. The first-order valence-electron chi connectivity index (χ1n) is 16.2. The van der Waals surface area contributed by atoms with E-state index in [4.69, 9.17) is 93.4 Å². The Morgan fingerprint density at radius 3 is 1.65 bits per heavy atom. The van der Waals surface area contributed by atoms with Gasteiger partial charge in [0.25, 0.3) is 0 Å². The van der Waals surface area contributed by atoms with Crippen LogP contribution in [0.5, 0.6) is 0 Å². The number of hydrogen-bond acceptors (Lipinski definition) is 2. The molecule has 1 heterocycles. The molecule has 18 radical (unpaired) electrons. The maximum absolute atomic E-state index is 18.0. The first-order chi connectivity index (χ1) is 24.9. The molecular weight excluding hydrogens is 625 g/mol. The van der Waals surface area contributed by atoms with Crippen molar-refractivity contribution in [3.05, 3.63) is 156 Å². The van der Waals surface area contributed by atoms with Crippen LogP contribution in [0.1, 0.15) is 56.0 Å². The van der Waals surface area contributed by atoms with Crippen molar-refractivity contribution < 1.29 is 4.39 Å². The summed E-state index contributed by atoms with van der Waals surface area (Å²) in [5.41, 5.74) is 1.13. The van der Waals surface area contributed by atoms with Crippen LogP contribution >= 0.6 is 0 Å². The number of alkyl halides is 1. The van der Waals surface area contributed by atoms with Crippen molar-refractivity contribution >= 4 is 97.9 Å². The van der Waals surface area contributed by atoms with Gasteiger partial charge >= 0.3 is 0 Å². The second kappa shape index (κ2) is 12.9. The molecule has 0 fully saturated rings. The van der Waals surface area contributed by atoms with E-state index in [9.17, 15) is 0 Å². The van der Waals surface area contributed by atoms with Crippen molar-refractivity contribution in [1.82, 2.24) is 9.97 Å². The summed E-state index contributed by atoms with van der Waals surface area (Å²) in [5.74, 6) is 5.23. The smallest absolute Gasteiger partial charge is 0.187 e. The second-order valence-electron chi connectivity index (χ2n) is 12.7. The van der Waals surface area contributed by atoms with Gasteiger partial charge in [-0.05, 0) is 22.3 Å². The minimum absolute atomic E-state index is 0.0377. The summed E-state index contributed by atoms with van der Waals surface area (Å²) in [5, 5.41) is 0.307. The molecule has 2 bridgehead atoms. The van der Waals surface area contributed by atoms with Gasteiger partial charge in [0, 0.05) is 34.1 Å². The molecule has 0 unspecified atom stereocenters. The number of fused-ring (bicyclic) bond motifs is 1. The molecule has 0 spiro atoms. The van der Waals surface area contributed by atoms with Gasteiger partial charge in [0.1, 0.15) is 74.0 Å². The number of allylic oxidation sites excluding steroid dienone is 5. The van der Waals surface area contributed by atoms with Crippen LogP contribution in [0.4, 0.5) is 4.39 Å². The molecule has 0 atom stereocenters. The summed E-state index contributed by atoms with van der Waals surface area (Å²) < 4.78 is 18.0. The molecule has 2 nitrogen and oxygen atoms in total. The van der Waals surface area contributed by atoms with Gasteiger partial charge in [-0.25, -0.2) is 14.4 Å². The Kier molecular flexibility index (Phi) is 8.82. The van der Waals surface area contributed by atoms with Crippen LogP contribution in [0.25, 0.3) is 16.4 Å². The number of rotatable bonds is 6. The van der Waals surface area contributed by atoms with Gasteiger partial charge in [-0.15, -0.1) is 40.2 Å². The molecule has 5 aromatic rings. The van der Waals surface area contributed by atoms with Crippen molar-refractivity contribution in [2.24, 2.45) is 0 Å². The Hall–Kier alpha value is -4.93. The molecule has 12 heteroatoms. The van der Waals surface area contributed by atoms with Crippen LogP contribution in [-0.2, 0) is 17.5 Å². The van der Waals surface area contributed by atoms with Crippen molar-refractivity contribution in [1.29, 1.82) is 0 Å². The van der Waals surface area contributed by atoms with E-state index in [-0.39, 0.29) is 84.7 Å². The highest BCUT2D eigenvalue weighted by Gasteiger charge is 2.61. The first kappa shape index (κ1) is 35.5. The Labute approximate surface area is 315 Å². The molecule has 0 N–H and O–H groups in total. The number of aromatic nitrogens is 2. The lowest BCUT2D eigenvalue weighted by atomic mass is 9.51. The monoisotopic (exact) mass is 644 g/mol. The van der Waals surface area contributed by atoms with Crippen LogP contribution in [0.3, 0.4) is 0 Å². The quantitative estimate of drug-likeness (QED) is 0.162. The molecule has 1 aromatic heterocycles. The van der Waals surface area contributed by atoms with E-state index in [0.717, 1.165) is 0 Å². The van der Waals surface area contributed by atoms with E-state index in [1.165, 1.54) is 0 Å². The zero-order chi connectivity index (χ0) is 37.3. The van der Waals surface area contributed by atoms with E-state index < -0.39 is 11.1 Å². The molecule has 3 aliphatic carbocycles. The van der Waals surface area contributed by atoms with Crippen molar-refractivity contribution in [2.75, 3.05) is 0 Å². The standard InChI is InChI=1S/C40H18B9FN2/c1-3-19-30-29(17-27(43)34(47)33(46)26(42)4-2)51-38(52-37(30)36(49)35(48)31(19)32(45)28(44)18-41)39-20-11-5-8-14-23(20)40(50,24-15-9-6-12-21(24)39)25-16-10-7-13-22(25)39/h1-2,5-16H,17-18H2/b32-28-,33-26-,34-27-. The van der Waals surface area contributed by atoms with Gasteiger partial charge in [-0.1, -0.05) is 107 Å². The zero-order valence-corrected chi connectivity index (χ0v) is 28.0. The lowest BCUT2D eigenvalue weighted by Crippen LogP contribution is -2.50. The van der Waals surface area contributed by atoms with E-state index in [1.807, 2.05) is 54.6 Å². The summed E-state index contributed by atoms with van der Waals surface area (Å²) in [4.78, 5) is 10.5. The van der Waals surface area contributed by atoms with Crippen molar-refractivity contribution in [3.8, 4) is 24.7 Å². The highest BCUT2D eigenvalue weighted by molar-refractivity contribution is 6.58. The molecule has 0 amide bonds. The fourth-order valence-corrected chi connectivity index (χ4v) is 7.71. The Balaban J connectivity index is 1.69. The average molecular weight is 643 g/mol. The highest BCUT2D eigenvalue weighted by atomic mass is 19.1. The van der Waals surface area contributed by atoms with Crippen LogP contribution in [0, 0.1) is 24.7 Å². The number of hydrogen-bond donors (Lipinski definition) is 0. The number of halogens is 1. The molecule has 4 aromatic carbocycles. The SMILES string of the molecule is [B]C/C([B])=C(/[B])c1c([B])c([B])c2nc(C34c5ccccc5C(F)(c5ccccc53)c3ccccc34)nc(C/C([B])=C([B])\C([B])=C(\[B])C#C)c2c1C#C. The van der Waals surface area contributed by atoms with Crippen LogP contribution in [0.2, 0.25) is 6.32 Å². The van der Waals surface area contributed by atoms with Gasteiger partial charge < -0.3 is 0 Å². The summed E-state index contributed by atoms with van der Waals surface area (Å²) >= 11 is 0. The predicted octanol–water partition coefficient (Wildman–Crippen LogP) is 2.33. The average Bonchev–Trinajstić information content (AvgIpc) is 3.18. The second-order valence-corrected chi connectivity index (χ2v) is 12.7. The van der Waals surface area contributed by atoms with Gasteiger partial charge in [0.2, 0.25) is 0 Å². The van der Waals surface area contributed by atoms with E-state index in [0.29, 0.717) is 38.8 Å². The highest BCUT2D eigenvalue weighted by Crippen LogP contribution is 2.64. The van der Waals surface area contributed by atoms with Gasteiger partial charge in [0.05, 0.1) is 19.1 Å². The summed E-state index contributed by atoms with van der Waals surface area (Å²) in [6.07, 6.45) is 11.5. The number of terminal acetylenes is 2. The Bertz CT molecular complexity index is 2460. The summed E-state index contributed by atoms with van der Waals surface area (Å²) in [6.45, 7) is 0. The van der Waals surface area contributed by atoms with Crippen LogP contribution in [-0.4, -0.2) is 80.6 Å². The fraction of sp³-hybridized carbons (Fsp3) is 0.100. The number of benzene rings is 4. The van der Waals surface area contributed by atoms with Gasteiger partial charge in [-0.2, -0.15) is 0 Å². The topological polar surface area (TPSA) is 25.8 Å². The largest absolute Gasteiger partial charge is 0.235 e. The minimum atomic E-state index is -1.95. The molecule has 0 aliphatic heterocycles. The zero-order valence-electron chi connectivity index (χ0n) is 28.0. The molecular formula is C40H18B9FN2. The predicted molar refractivity (Wildman–Crippen MR) is 216 cm³/mol. The third-order valence-corrected chi connectivity index (χ3v) is 10.2. The van der Waals surface area contributed by atoms with Crippen LogP contribution < -0.4 is 10.9 Å².